The van der Waals surface area contributed by atoms with Crippen LogP contribution in [0.3, 0.4) is 0 Å². The second kappa shape index (κ2) is 10.3. The van der Waals surface area contributed by atoms with Gasteiger partial charge in [0.05, 0.1) is 29.4 Å². The maximum Gasteiger partial charge on any atom is 0.311 e. The Hall–Kier alpha value is -3.02. The lowest BCUT2D eigenvalue weighted by Crippen LogP contribution is -2.14. The molecule has 0 amide bonds. The number of halogens is 1. The van der Waals surface area contributed by atoms with Crippen molar-refractivity contribution in [3.05, 3.63) is 71.7 Å². The quantitative estimate of drug-likeness (QED) is 0.316. The van der Waals surface area contributed by atoms with E-state index in [4.69, 9.17) is 4.18 Å². The highest BCUT2D eigenvalue weighted by Crippen LogP contribution is 2.35. The van der Waals surface area contributed by atoms with Crippen molar-refractivity contribution in [2.75, 3.05) is 19.1 Å². The van der Waals surface area contributed by atoms with Gasteiger partial charge in [-0.1, -0.05) is 12.1 Å². The Labute approximate surface area is 204 Å². The number of carbonyl (C=O) groups is 1. The summed E-state index contributed by atoms with van der Waals surface area (Å²) in [6, 6.07) is 13.6. The lowest BCUT2D eigenvalue weighted by atomic mass is 9.94. The highest BCUT2D eigenvalue weighted by molar-refractivity contribution is 7.90. The first-order valence-corrected chi connectivity index (χ1v) is 14.3. The molecule has 0 radical (unpaired) electrons. The van der Waals surface area contributed by atoms with Crippen LogP contribution < -0.4 is 0 Å². The number of aromatic nitrogens is 1. The van der Waals surface area contributed by atoms with Crippen LogP contribution in [-0.2, 0) is 28.9 Å². The molecule has 0 fully saturated rings. The first-order valence-electron chi connectivity index (χ1n) is 10.6. The number of benzene rings is 2. The maximum atomic E-state index is 13.6. The average Bonchev–Trinajstić information content (AvgIpc) is 3.09. The molecule has 1 heterocycles. The van der Waals surface area contributed by atoms with E-state index in [1.54, 1.807) is 41.8 Å². The first kappa shape index (κ1) is 26.6. The molecular formula is C24H26FNO7S2. The Morgan fingerprint density at radius 3 is 2.14 bits per heavy atom. The molecule has 0 aliphatic heterocycles. The minimum absolute atomic E-state index is 0.131. The number of hydrogen-bond donors (Lipinski definition) is 1. The number of sulfone groups is 1. The van der Waals surface area contributed by atoms with Crippen LogP contribution in [0.15, 0.2) is 59.5 Å². The van der Waals surface area contributed by atoms with E-state index in [0.29, 0.717) is 28.2 Å². The van der Waals surface area contributed by atoms with Gasteiger partial charge in [-0.05, 0) is 73.4 Å². The second-order valence-corrected chi connectivity index (χ2v) is 11.9. The Bertz CT molecular complexity index is 1430. The summed E-state index contributed by atoms with van der Waals surface area (Å²) in [5, 5.41) is 9.93. The van der Waals surface area contributed by atoms with Gasteiger partial charge in [0, 0.05) is 17.6 Å². The average molecular weight is 524 g/mol. The lowest BCUT2D eigenvalue weighted by molar-refractivity contribution is -0.139. The van der Waals surface area contributed by atoms with Gasteiger partial charge < -0.3 is 9.67 Å². The van der Waals surface area contributed by atoms with E-state index in [1.165, 1.54) is 24.3 Å². The molecule has 3 aromatic rings. The van der Waals surface area contributed by atoms with Crippen molar-refractivity contribution >= 4 is 25.9 Å². The molecular weight excluding hydrogens is 497 g/mol. The van der Waals surface area contributed by atoms with Crippen molar-refractivity contribution in [2.45, 2.75) is 30.6 Å². The summed E-state index contributed by atoms with van der Waals surface area (Å²) < 4.78 is 66.2. The molecule has 1 unspecified atom stereocenters. The summed E-state index contributed by atoms with van der Waals surface area (Å²) >= 11 is 0. The predicted molar refractivity (Wildman–Crippen MR) is 129 cm³/mol. The molecule has 1 atom stereocenters. The highest BCUT2D eigenvalue weighted by Gasteiger charge is 2.26. The van der Waals surface area contributed by atoms with Gasteiger partial charge in [-0.15, -0.1) is 0 Å². The zero-order chi connectivity index (χ0) is 26.0. The number of rotatable bonds is 10. The Kier molecular flexibility index (Phi) is 7.83. The van der Waals surface area contributed by atoms with Gasteiger partial charge in [0.1, 0.15) is 5.82 Å². The van der Waals surface area contributed by atoms with E-state index in [1.807, 2.05) is 0 Å². The summed E-state index contributed by atoms with van der Waals surface area (Å²) in [4.78, 5) is 12.3. The molecule has 3 rings (SSSR count). The minimum atomic E-state index is -3.63. The van der Waals surface area contributed by atoms with E-state index in [2.05, 4.69) is 0 Å². The fourth-order valence-electron chi connectivity index (χ4n) is 3.90. The van der Waals surface area contributed by atoms with Gasteiger partial charge in [-0.25, -0.2) is 12.8 Å². The third-order valence-electron chi connectivity index (χ3n) is 5.56. The van der Waals surface area contributed by atoms with Crippen LogP contribution in [0.5, 0.6) is 0 Å². The largest absolute Gasteiger partial charge is 0.481 e. The Morgan fingerprint density at radius 1 is 1.03 bits per heavy atom. The Balaban J connectivity index is 2.09. The van der Waals surface area contributed by atoms with Crippen molar-refractivity contribution in [3.8, 4) is 16.9 Å². The third-order valence-corrected chi connectivity index (χ3v) is 7.28. The van der Waals surface area contributed by atoms with Crippen molar-refractivity contribution < 1.29 is 35.3 Å². The minimum Gasteiger partial charge on any atom is -0.481 e. The second-order valence-electron chi connectivity index (χ2n) is 8.24. The molecule has 0 aliphatic rings. The number of hydrogen-bond acceptors (Lipinski definition) is 6. The maximum absolute atomic E-state index is 13.6. The number of aliphatic carboxylic acids is 1. The number of carboxylic acid groups (broad SMARTS) is 1. The fourth-order valence-corrected chi connectivity index (χ4v) is 4.95. The molecule has 1 aromatic heterocycles. The van der Waals surface area contributed by atoms with Crippen molar-refractivity contribution in [2.24, 2.45) is 0 Å². The Morgan fingerprint density at radius 2 is 1.63 bits per heavy atom. The van der Waals surface area contributed by atoms with Gasteiger partial charge in [-0.2, -0.15) is 8.42 Å². The van der Waals surface area contributed by atoms with Crippen LogP contribution in [-0.4, -0.2) is 51.6 Å². The third kappa shape index (κ3) is 6.56. The zero-order valence-corrected chi connectivity index (χ0v) is 21.1. The SMILES string of the molecule is Cc1c(C(CCCOS(C)(=O)=O)C(=O)O)cc(-c2ccc(S(C)(=O)=O)cc2)n1-c1ccc(F)cc1. The molecule has 35 heavy (non-hydrogen) atoms. The molecule has 0 aliphatic carbocycles. The van der Waals surface area contributed by atoms with E-state index in [9.17, 15) is 31.1 Å². The molecule has 2 aromatic carbocycles. The van der Waals surface area contributed by atoms with Crippen LogP contribution in [0, 0.1) is 12.7 Å². The molecule has 0 saturated carbocycles. The number of nitrogens with zero attached hydrogens (tertiary/aromatic N) is 1. The summed E-state index contributed by atoms with van der Waals surface area (Å²) in [5.74, 6) is -2.45. The van der Waals surface area contributed by atoms with Crippen LogP contribution in [0.2, 0.25) is 0 Å². The van der Waals surface area contributed by atoms with Crippen LogP contribution >= 0.6 is 0 Å². The molecule has 0 spiro atoms. The van der Waals surface area contributed by atoms with Gasteiger partial charge in [-0.3, -0.25) is 8.98 Å². The molecule has 11 heteroatoms. The van der Waals surface area contributed by atoms with Crippen LogP contribution in [0.4, 0.5) is 4.39 Å². The zero-order valence-electron chi connectivity index (χ0n) is 19.4. The molecule has 188 valence electrons. The molecule has 1 N–H and O–H groups in total. The van der Waals surface area contributed by atoms with Gasteiger partial charge in [0.25, 0.3) is 10.1 Å². The molecule has 8 nitrogen and oxygen atoms in total. The van der Waals surface area contributed by atoms with Crippen molar-refractivity contribution in [3.63, 3.8) is 0 Å². The lowest BCUT2D eigenvalue weighted by Gasteiger charge is -2.15. The topological polar surface area (TPSA) is 120 Å². The summed E-state index contributed by atoms with van der Waals surface area (Å²) in [6.07, 6.45) is 2.36. The first-order chi connectivity index (χ1) is 16.3. The van der Waals surface area contributed by atoms with E-state index >= 15 is 0 Å². The van der Waals surface area contributed by atoms with E-state index in [0.717, 1.165) is 12.5 Å². The summed E-state index contributed by atoms with van der Waals surface area (Å²) in [6.45, 7) is 1.61. The van der Waals surface area contributed by atoms with Crippen molar-refractivity contribution in [1.29, 1.82) is 0 Å². The predicted octanol–water partition coefficient (Wildman–Crippen LogP) is 3.92. The summed E-state index contributed by atoms with van der Waals surface area (Å²) in [5.41, 5.74) is 2.95. The van der Waals surface area contributed by atoms with E-state index in [-0.39, 0.29) is 24.3 Å². The highest BCUT2D eigenvalue weighted by atomic mass is 32.2. The normalized spacial score (nSPS) is 13.0. The molecule has 0 bridgehead atoms. The number of carboxylic acids is 1. The van der Waals surface area contributed by atoms with Crippen LogP contribution in [0.1, 0.15) is 30.0 Å². The standard InChI is InChI=1S/C24H26FNO7S2/c1-16-22(21(24(27)28)5-4-14-33-35(3,31)32)15-23(26(16)19-10-8-18(25)9-11-19)17-6-12-20(13-7-17)34(2,29)30/h6-13,15,21H,4-5,14H2,1-3H3,(H,27,28). The van der Waals surface area contributed by atoms with Crippen molar-refractivity contribution in [1.82, 2.24) is 4.57 Å². The van der Waals surface area contributed by atoms with Gasteiger partial charge >= 0.3 is 5.97 Å². The van der Waals surface area contributed by atoms with Gasteiger partial charge in [0.15, 0.2) is 9.84 Å². The van der Waals surface area contributed by atoms with Crippen LogP contribution in [0.25, 0.3) is 16.9 Å². The van der Waals surface area contributed by atoms with Gasteiger partial charge in [0.2, 0.25) is 0 Å². The fraction of sp³-hybridized carbons (Fsp3) is 0.292. The molecule has 0 saturated heterocycles. The van der Waals surface area contributed by atoms with E-state index < -0.39 is 37.7 Å². The smallest absolute Gasteiger partial charge is 0.311 e. The monoisotopic (exact) mass is 523 g/mol. The summed E-state index contributed by atoms with van der Waals surface area (Å²) in [7, 11) is -7.03.